The standard InChI is InChI=1S/C25H30N6O3/c1-4-30-8-5-9-31(11-10-30)15-6-7-17-19(12-15)28-24(27-17)22-23(26)16-13-20(33-2)21(34-3)14-18(16)29-25(22)32/h6-7,12-14H,4-5,8-11H2,1-3H3,(H,27,28)(H3,26,29,32). The summed E-state index contributed by atoms with van der Waals surface area (Å²) in [4.78, 5) is 28.8. The van der Waals surface area contributed by atoms with Crippen molar-refractivity contribution < 1.29 is 9.47 Å². The third-order valence-corrected chi connectivity index (χ3v) is 6.66. The minimum atomic E-state index is -0.316. The number of aromatic amines is 2. The number of H-pyrrole nitrogens is 2. The van der Waals surface area contributed by atoms with Crippen molar-refractivity contribution in [2.75, 3.05) is 57.6 Å². The van der Waals surface area contributed by atoms with E-state index in [1.165, 1.54) is 0 Å². The zero-order chi connectivity index (χ0) is 23.8. The molecule has 0 aliphatic carbocycles. The van der Waals surface area contributed by atoms with E-state index < -0.39 is 0 Å². The number of aromatic nitrogens is 3. The van der Waals surface area contributed by atoms with Gasteiger partial charge in [0, 0.05) is 36.8 Å². The van der Waals surface area contributed by atoms with E-state index in [1.54, 1.807) is 26.4 Å². The van der Waals surface area contributed by atoms with Crippen LogP contribution in [0, 0.1) is 0 Å². The van der Waals surface area contributed by atoms with E-state index in [0.29, 0.717) is 39.5 Å². The number of likely N-dealkylation sites (N-methyl/N-ethyl adjacent to an activating group) is 1. The van der Waals surface area contributed by atoms with Crippen molar-refractivity contribution in [3.63, 3.8) is 0 Å². The average molecular weight is 463 g/mol. The van der Waals surface area contributed by atoms with Gasteiger partial charge in [0.25, 0.3) is 5.56 Å². The molecule has 9 heteroatoms. The predicted octanol–water partition coefficient (Wildman–Crippen LogP) is 3.20. The Balaban J connectivity index is 1.55. The van der Waals surface area contributed by atoms with Crippen LogP contribution in [0.3, 0.4) is 0 Å². The number of anilines is 2. The zero-order valence-electron chi connectivity index (χ0n) is 19.8. The largest absolute Gasteiger partial charge is 0.493 e. The minimum Gasteiger partial charge on any atom is -0.493 e. The number of ether oxygens (including phenoxy) is 2. The fourth-order valence-corrected chi connectivity index (χ4v) is 4.74. The Morgan fingerprint density at radius 1 is 1.00 bits per heavy atom. The zero-order valence-corrected chi connectivity index (χ0v) is 19.8. The molecular weight excluding hydrogens is 432 g/mol. The van der Waals surface area contributed by atoms with Gasteiger partial charge in [0.05, 0.1) is 36.5 Å². The first-order valence-corrected chi connectivity index (χ1v) is 11.6. The van der Waals surface area contributed by atoms with Gasteiger partial charge in [0.2, 0.25) is 0 Å². The number of nitrogens with zero attached hydrogens (tertiary/aromatic N) is 3. The molecule has 0 atom stereocenters. The number of methoxy groups -OCH3 is 2. The molecule has 1 aliphatic rings. The van der Waals surface area contributed by atoms with Gasteiger partial charge in [-0.3, -0.25) is 4.79 Å². The summed E-state index contributed by atoms with van der Waals surface area (Å²) < 4.78 is 10.8. The molecule has 2 aromatic heterocycles. The summed E-state index contributed by atoms with van der Waals surface area (Å²) in [6.07, 6.45) is 1.13. The Morgan fingerprint density at radius 3 is 2.56 bits per heavy atom. The molecular formula is C25H30N6O3. The molecule has 0 unspecified atom stereocenters. The number of hydrogen-bond acceptors (Lipinski definition) is 7. The van der Waals surface area contributed by atoms with Gasteiger partial charge < -0.3 is 35.0 Å². The molecule has 0 saturated carbocycles. The molecule has 4 N–H and O–H groups in total. The van der Waals surface area contributed by atoms with Gasteiger partial charge in [-0.15, -0.1) is 0 Å². The topological polar surface area (TPSA) is 112 Å². The molecule has 5 rings (SSSR count). The molecule has 2 aromatic carbocycles. The van der Waals surface area contributed by atoms with Crippen LogP contribution < -0.4 is 25.7 Å². The molecule has 1 fully saturated rings. The quantitative estimate of drug-likeness (QED) is 0.417. The predicted molar refractivity (Wildman–Crippen MR) is 136 cm³/mol. The summed E-state index contributed by atoms with van der Waals surface area (Å²) in [6.45, 7) is 7.47. The summed E-state index contributed by atoms with van der Waals surface area (Å²) in [5.41, 5.74) is 10.2. The molecule has 1 saturated heterocycles. The number of hydrogen-bond donors (Lipinski definition) is 3. The second kappa shape index (κ2) is 8.90. The van der Waals surface area contributed by atoms with Crippen molar-refractivity contribution in [2.24, 2.45) is 0 Å². The Labute approximate surface area is 197 Å². The first-order chi connectivity index (χ1) is 16.5. The lowest BCUT2D eigenvalue weighted by Gasteiger charge is -2.23. The highest BCUT2D eigenvalue weighted by Gasteiger charge is 2.19. The normalized spacial score (nSPS) is 15.1. The molecule has 9 nitrogen and oxygen atoms in total. The first kappa shape index (κ1) is 22.1. The Bertz CT molecular complexity index is 1410. The van der Waals surface area contributed by atoms with Crippen LogP contribution in [0.4, 0.5) is 11.4 Å². The Morgan fingerprint density at radius 2 is 1.79 bits per heavy atom. The van der Waals surface area contributed by atoms with Gasteiger partial charge in [-0.1, -0.05) is 6.92 Å². The van der Waals surface area contributed by atoms with E-state index >= 15 is 0 Å². The number of fused-ring (bicyclic) bond motifs is 2. The van der Waals surface area contributed by atoms with Crippen molar-refractivity contribution in [1.29, 1.82) is 0 Å². The maximum Gasteiger partial charge on any atom is 0.261 e. The van der Waals surface area contributed by atoms with E-state index in [0.717, 1.165) is 55.9 Å². The number of imidazole rings is 1. The minimum absolute atomic E-state index is 0.311. The maximum atomic E-state index is 13.0. The number of nitrogens with two attached hydrogens (primary N) is 1. The van der Waals surface area contributed by atoms with Gasteiger partial charge in [-0.05, 0) is 43.8 Å². The third-order valence-electron chi connectivity index (χ3n) is 6.66. The van der Waals surface area contributed by atoms with Crippen LogP contribution in [0.25, 0.3) is 33.3 Å². The van der Waals surface area contributed by atoms with Gasteiger partial charge in [-0.25, -0.2) is 4.98 Å². The van der Waals surface area contributed by atoms with Crippen molar-refractivity contribution in [3.05, 3.63) is 40.7 Å². The smallest absolute Gasteiger partial charge is 0.261 e. The van der Waals surface area contributed by atoms with Crippen LogP contribution in [0.1, 0.15) is 13.3 Å². The molecule has 0 radical (unpaired) electrons. The van der Waals surface area contributed by atoms with E-state index in [1.807, 2.05) is 6.07 Å². The lowest BCUT2D eigenvalue weighted by molar-refractivity contribution is 0.310. The summed E-state index contributed by atoms with van der Waals surface area (Å²) in [7, 11) is 3.11. The van der Waals surface area contributed by atoms with Crippen LogP contribution in [0.2, 0.25) is 0 Å². The van der Waals surface area contributed by atoms with E-state index in [2.05, 4.69) is 38.8 Å². The highest BCUT2D eigenvalue weighted by molar-refractivity contribution is 5.99. The Kier molecular flexibility index (Phi) is 5.79. The molecule has 34 heavy (non-hydrogen) atoms. The molecule has 0 spiro atoms. The second-order valence-corrected chi connectivity index (χ2v) is 8.56. The highest BCUT2D eigenvalue weighted by atomic mass is 16.5. The fraction of sp³-hybridized carbons (Fsp3) is 0.360. The summed E-state index contributed by atoms with van der Waals surface area (Å²) in [5.74, 6) is 1.49. The molecule has 178 valence electrons. The van der Waals surface area contributed by atoms with Crippen LogP contribution in [0.5, 0.6) is 11.5 Å². The van der Waals surface area contributed by atoms with Crippen molar-refractivity contribution >= 4 is 33.3 Å². The lowest BCUT2D eigenvalue weighted by Crippen LogP contribution is -2.30. The molecule has 0 bridgehead atoms. The van der Waals surface area contributed by atoms with E-state index in [4.69, 9.17) is 20.2 Å². The van der Waals surface area contributed by atoms with Crippen LogP contribution in [-0.4, -0.2) is 66.8 Å². The number of rotatable bonds is 5. The molecule has 3 heterocycles. The summed E-state index contributed by atoms with van der Waals surface area (Å²) >= 11 is 0. The van der Waals surface area contributed by atoms with Crippen LogP contribution in [0.15, 0.2) is 35.1 Å². The van der Waals surface area contributed by atoms with Gasteiger partial charge >= 0.3 is 0 Å². The number of pyridine rings is 1. The summed E-state index contributed by atoms with van der Waals surface area (Å²) in [6, 6.07) is 9.68. The van der Waals surface area contributed by atoms with Gasteiger partial charge in [0.15, 0.2) is 11.5 Å². The molecule has 1 aliphatic heterocycles. The van der Waals surface area contributed by atoms with Crippen molar-refractivity contribution in [3.8, 4) is 22.9 Å². The number of nitrogen functional groups attached to an aromatic ring is 1. The van der Waals surface area contributed by atoms with Crippen molar-refractivity contribution in [1.82, 2.24) is 19.9 Å². The number of nitrogens with one attached hydrogen (secondary N) is 2. The maximum absolute atomic E-state index is 13.0. The molecule has 0 amide bonds. The van der Waals surface area contributed by atoms with Crippen LogP contribution >= 0.6 is 0 Å². The monoisotopic (exact) mass is 462 g/mol. The highest BCUT2D eigenvalue weighted by Crippen LogP contribution is 2.36. The average Bonchev–Trinajstić information content (AvgIpc) is 3.10. The first-order valence-electron chi connectivity index (χ1n) is 11.6. The van der Waals surface area contributed by atoms with Gasteiger partial charge in [-0.2, -0.15) is 0 Å². The summed E-state index contributed by atoms with van der Waals surface area (Å²) in [5, 5.41) is 0.665. The van der Waals surface area contributed by atoms with E-state index in [9.17, 15) is 4.79 Å². The fourth-order valence-electron chi connectivity index (χ4n) is 4.74. The van der Waals surface area contributed by atoms with E-state index in [-0.39, 0.29) is 5.56 Å². The SMILES string of the molecule is CCN1CCCN(c2ccc3[nH]c(-c4c(N)c5cc(OC)c(OC)cc5[nH]c4=O)nc3c2)CC1. The lowest BCUT2D eigenvalue weighted by atomic mass is 10.1. The number of benzene rings is 2. The second-order valence-electron chi connectivity index (χ2n) is 8.56. The Hall–Kier alpha value is -3.72. The van der Waals surface area contributed by atoms with Crippen LogP contribution in [-0.2, 0) is 0 Å². The van der Waals surface area contributed by atoms with Gasteiger partial charge in [0.1, 0.15) is 11.4 Å². The molecule has 4 aromatic rings. The van der Waals surface area contributed by atoms with Crippen molar-refractivity contribution in [2.45, 2.75) is 13.3 Å². The third kappa shape index (κ3) is 3.81.